The van der Waals surface area contributed by atoms with E-state index in [0.717, 1.165) is 24.5 Å². The van der Waals surface area contributed by atoms with E-state index in [4.69, 9.17) is 0 Å². The number of aromatic nitrogens is 2. The third kappa shape index (κ3) is 3.23. The van der Waals surface area contributed by atoms with Gasteiger partial charge in [0.05, 0.1) is 5.69 Å². The normalized spacial score (nSPS) is 10.3. The first kappa shape index (κ1) is 16.3. The van der Waals surface area contributed by atoms with Crippen LogP contribution in [0.1, 0.15) is 25.0 Å². The second-order valence-electron chi connectivity index (χ2n) is 4.91. The molecule has 5 heteroatoms. The minimum absolute atomic E-state index is 0.547. The Balaban J connectivity index is 2.69. The van der Waals surface area contributed by atoms with Crippen molar-refractivity contribution in [1.29, 1.82) is 5.26 Å². The predicted octanol–water partition coefficient (Wildman–Crippen LogP) is 3.89. The van der Waals surface area contributed by atoms with E-state index < -0.39 is 0 Å². The molecular formula is C17H20N4S. The van der Waals surface area contributed by atoms with Crippen LogP contribution in [-0.4, -0.2) is 29.3 Å². The molecule has 0 atom stereocenters. The van der Waals surface area contributed by atoms with Crippen LogP contribution in [0.5, 0.6) is 0 Å². The average molecular weight is 312 g/mol. The van der Waals surface area contributed by atoms with Gasteiger partial charge in [-0.3, -0.25) is 0 Å². The minimum Gasteiger partial charge on any atom is -0.356 e. The molecule has 22 heavy (non-hydrogen) atoms. The first-order valence-corrected chi connectivity index (χ1v) is 8.55. The van der Waals surface area contributed by atoms with Gasteiger partial charge in [0.1, 0.15) is 11.6 Å². The van der Waals surface area contributed by atoms with Gasteiger partial charge in [0.2, 0.25) is 0 Å². The number of hydrogen-bond donors (Lipinski definition) is 0. The lowest BCUT2D eigenvalue weighted by Gasteiger charge is -2.22. The standard InChI is InChI=1S/C17H20N4S/c1-5-21(6-2)16-14(11-18)15(19-17(20-16)22-4)13-9-7-12(3)8-10-13/h7-10H,5-6H2,1-4H3. The maximum Gasteiger partial charge on any atom is 0.189 e. The molecule has 0 saturated carbocycles. The quantitative estimate of drug-likeness (QED) is 0.619. The van der Waals surface area contributed by atoms with E-state index in [-0.39, 0.29) is 0 Å². The second kappa shape index (κ2) is 7.28. The van der Waals surface area contributed by atoms with Gasteiger partial charge >= 0.3 is 0 Å². The number of anilines is 1. The van der Waals surface area contributed by atoms with Gasteiger partial charge in [-0.15, -0.1) is 0 Å². The summed E-state index contributed by atoms with van der Waals surface area (Å²) in [5.74, 6) is 0.724. The van der Waals surface area contributed by atoms with E-state index in [1.165, 1.54) is 17.3 Å². The largest absolute Gasteiger partial charge is 0.356 e. The van der Waals surface area contributed by atoms with Crippen LogP contribution in [0.3, 0.4) is 0 Å². The van der Waals surface area contributed by atoms with Crippen LogP contribution in [0.2, 0.25) is 0 Å². The average Bonchev–Trinajstić information content (AvgIpc) is 2.56. The van der Waals surface area contributed by atoms with Gasteiger partial charge in [0.25, 0.3) is 0 Å². The summed E-state index contributed by atoms with van der Waals surface area (Å²) in [4.78, 5) is 11.2. The molecule has 0 bridgehead atoms. The summed E-state index contributed by atoms with van der Waals surface area (Å²) in [7, 11) is 0. The Hall–Kier alpha value is -2.06. The number of rotatable bonds is 5. The molecule has 114 valence electrons. The van der Waals surface area contributed by atoms with E-state index in [0.29, 0.717) is 16.4 Å². The van der Waals surface area contributed by atoms with Gasteiger partial charge < -0.3 is 4.90 Å². The summed E-state index contributed by atoms with van der Waals surface area (Å²) >= 11 is 1.49. The SMILES string of the molecule is CCN(CC)c1nc(SC)nc(-c2ccc(C)cc2)c1C#N. The van der Waals surface area contributed by atoms with E-state index in [1.807, 2.05) is 37.4 Å². The number of hydrogen-bond acceptors (Lipinski definition) is 5. The first-order chi connectivity index (χ1) is 10.6. The van der Waals surface area contributed by atoms with Crippen LogP contribution in [0.4, 0.5) is 5.82 Å². The minimum atomic E-state index is 0.547. The van der Waals surface area contributed by atoms with Gasteiger partial charge in [-0.2, -0.15) is 5.26 Å². The predicted molar refractivity (Wildman–Crippen MR) is 92.3 cm³/mol. The van der Waals surface area contributed by atoms with Crippen molar-refractivity contribution in [1.82, 2.24) is 9.97 Å². The summed E-state index contributed by atoms with van der Waals surface area (Å²) in [6, 6.07) is 10.4. The lowest BCUT2D eigenvalue weighted by molar-refractivity contribution is 0.817. The topological polar surface area (TPSA) is 52.8 Å². The lowest BCUT2D eigenvalue weighted by Crippen LogP contribution is -2.24. The van der Waals surface area contributed by atoms with Gasteiger partial charge in [0.15, 0.2) is 11.0 Å². The third-order valence-corrected chi connectivity index (χ3v) is 4.10. The summed E-state index contributed by atoms with van der Waals surface area (Å²) in [6.45, 7) is 7.80. The van der Waals surface area contributed by atoms with Crippen molar-refractivity contribution in [2.24, 2.45) is 0 Å². The number of thioether (sulfide) groups is 1. The zero-order chi connectivity index (χ0) is 16.1. The zero-order valence-corrected chi connectivity index (χ0v) is 14.2. The Morgan fingerprint density at radius 2 is 1.77 bits per heavy atom. The molecule has 0 unspecified atom stereocenters. The highest BCUT2D eigenvalue weighted by Gasteiger charge is 2.19. The summed E-state index contributed by atoms with van der Waals surface area (Å²) in [5, 5.41) is 10.3. The Labute approximate surface area is 136 Å². The number of aryl methyl sites for hydroxylation is 1. The summed E-state index contributed by atoms with van der Waals surface area (Å²) < 4.78 is 0. The fourth-order valence-electron chi connectivity index (χ4n) is 2.30. The molecule has 0 aliphatic carbocycles. The maximum absolute atomic E-state index is 9.66. The molecule has 0 spiro atoms. The fraction of sp³-hybridized carbons (Fsp3) is 0.353. The van der Waals surface area contributed by atoms with Crippen molar-refractivity contribution >= 4 is 17.6 Å². The molecule has 1 aromatic heterocycles. The van der Waals surface area contributed by atoms with Crippen molar-refractivity contribution < 1.29 is 0 Å². The van der Waals surface area contributed by atoms with Crippen LogP contribution in [0.25, 0.3) is 11.3 Å². The van der Waals surface area contributed by atoms with Crippen molar-refractivity contribution in [2.45, 2.75) is 25.9 Å². The fourth-order valence-corrected chi connectivity index (χ4v) is 2.66. The Kier molecular flexibility index (Phi) is 5.40. The van der Waals surface area contributed by atoms with Crippen LogP contribution in [0.15, 0.2) is 29.4 Å². The highest BCUT2D eigenvalue weighted by molar-refractivity contribution is 7.98. The highest BCUT2D eigenvalue weighted by Crippen LogP contribution is 2.30. The molecule has 0 N–H and O–H groups in total. The van der Waals surface area contributed by atoms with Crippen molar-refractivity contribution in [3.63, 3.8) is 0 Å². The van der Waals surface area contributed by atoms with Crippen molar-refractivity contribution in [3.05, 3.63) is 35.4 Å². The molecule has 0 fully saturated rings. The van der Waals surface area contributed by atoms with Gasteiger partial charge in [-0.1, -0.05) is 41.6 Å². The Morgan fingerprint density at radius 3 is 2.27 bits per heavy atom. The molecule has 1 aromatic carbocycles. The third-order valence-electron chi connectivity index (χ3n) is 3.55. The number of nitrogens with zero attached hydrogens (tertiary/aromatic N) is 4. The molecule has 1 heterocycles. The lowest BCUT2D eigenvalue weighted by atomic mass is 10.1. The molecule has 4 nitrogen and oxygen atoms in total. The van der Waals surface area contributed by atoms with Gasteiger partial charge in [-0.05, 0) is 27.0 Å². The smallest absolute Gasteiger partial charge is 0.189 e. The van der Waals surface area contributed by atoms with E-state index in [1.54, 1.807) is 0 Å². The highest BCUT2D eigenvalue weighted by atomic mass is 32.2. The second-order valence-corrected chi connectivity index (χ2v) is 5.68. The summed E-state index contributed by atoms with van der Waals surface area (Å²) in [5.41, 5.74) is 3.40. The Morgan fingerprint density at radius 1 is 1.14 bits per heavy atom. The molecule has 0 radical (unpaired) electrons. The van der Waals surface area contributed by atoms with Crippen LogP contribution >= 0.6 is 11.8 Å². The number of nitriles is 1. The molecule has 0 amide bonds. The van der Waals surface area contributed by atoms with Gasteiger partial charge in [0, 0.05) is 18.7 Å². The van der Waals surface area contributed by atoms with Crippen LogP contribution in [-0.2, 0) is 0 Å². The van der Waals surface area contributed by atoms with E-state index >= 15 is 0 Å². The first-order valence-electron chi connectivity index (χ1n) is 7.32. The van der Waals surface area contributed by atoms with E-state index in [9.17, 15) is 5.26 Å². The van der Waals surface area contributed by atoms with Crippen LogP contribution in [0, 0.1) is 18.3 Å². The molecule has 2 aromatic rings. The molecule has 2 rings (SSSR count). The van der Waals surface area contributed by atoms with E-state index in [2.05, 4.69) is 34.8 Å². The van der Waals surface area contributed by atoms with Crippen molar-refractivity contribution in [3.8, 4) is 17.3 Å². The Bertz CT molecular complexity index is 685. The zero-order valence-electron chi connectivity index (χ0n) is 13.4. The molecule has 0 aliphatic rings. The van der Waals surface area contributed by atoms with Gasteiger partial charge in [-0.25, -0.2) is 9.97 Å². The molecule has 0 saturated heterocycles. The monoisotopic (exact) mass is 312 g/mol. The van der Waals surface area contributed by atoms with Crippen molar-refractivity contribution in [2.75, 3.05) is 24.2 Å². The molecule has 0 aliphatic heterocycles. The maximum atomic E-state index is 9.66. The number of benzene rings is 1. The van der Waals surface area contributed by atoms with Crippen LogP contribution < -0.4 is 4.90 Å². The summed E-state index contributed by atoms with van der Waals surface area (Å²) in [6.07, 6.45) is 1.95. The molecular weight excluding hydrogens is 292 g/mol.